The summed E-state index contributed by atoms with van der Waals surface area (Å²) in [5.74, 6) is 0.426. The molecule has 0 aliphatic carbocycles. The van der Waals surface area contributed by atoms with Crippen molar-refractivity contribution in [3.05, 3.63) is 0 Å². The topological polar surface area (TPSA) is 69.4 Å². The van der Waals surface area contributed by atoms with Crippen LogP contribution in [-0.4, -0.2) is 39.7 Å². The summed E-state index contributed by atoms with van der Waals surface area (Å²) in [5.41, 5.74) is 5.85. The first-order valence-electron chi connectivity index (χ1n) is 4.74. The molecule has 0 radical (unpaired) electrons. The van der Waals surface area contributed by atoms with E-state index in [9.17, 15) is 8.42 Å². The van der Waals surface area contributed by atoms with Crippen molar-refractivity contribution in [2.75, 3.05) is 19.1 Å². The molecule has 0 aromatic heterocycles. The van der Waals surface area contributed by atoms with Gasteiger partial charge in [-0.05, 0) is 12.3 Å². The molecule has 0 amide bonds. The Balaban J connectivity index is 4.12. The van der Waals surface area contributed by atoms with E-state index in [-0.39, 0.29) is 17.9 Å². The fourth-order valence-corrected chi connectivity index (χ4v) is 2.16. The van der Waals surface area contributed by atoms with Crippen LogP contribution in [0.2, 0.25) is 0 Å². The summed E-state index contributed by atoms with van der Waals surface area (Å²) in [6.07, 6.45) is 1.60. The van der Waals surface area contributed by atoms with Crippen molar-refractivity contribution in [3.8, 4) is 0 Å². The van der Waals surface area contributed by atoms with Gasteiger partial charge in [0, 0.05) is 19.4 Å². The summed E-state index contributed by atoms with van der Waals surface area (Å²) in [6, 6.07) is -0.213. The van der Waals surface area contributed by atoms with Gasteiger partial charge in [-0.25, -0.2) is 8.42 Å². The molecule has 2 N–H and O–H groups in total. The van der Waals surface area contributed by atoms with Crippen LogP contribution in [0.25, 0.3) is 0 Å². The molecule has 14 heavy (non-hydrogen) atoms. The molecule has 5 heteroatoms. The fourth-order valence-electron chi connectivity index (χ4n) is 1.46. The predicted octanol–water partition coefficient (Wildman–Crippen LogP) is 0.419. The lowest BCUT2D eigenvalue weighted by atomic mass is 9.98. The van der Waals surface area contributed by atoms with Gasteiger partial charge in [0.1, 0.15) is 9.84 Å². The molecule has 86 valence electrons. The Labute approximate surface area is 86.7 Å². The number of sulfone groups is 1. The summed E-state index contributed by atoms with van der Waals surface area (Å²) in [5, 5.41) is 0. The van der Waals surface area contributed by atoms with E-state index in [0.717, 1.165) is 0 Å². The van der Waals surface area contributed by atoms with Crippen molar-refractivity contribution < 1.29 is 13.2 Å². The van der Waals surface area contributed by atoms with Crippen molar-refractivity contribution in [2.24, 2.45) is 11.7 Å². The van der Waals surface area contributed by atoms with Gasteiger partial charge in [0.15, 0.2) is 0 Å². The minimum absolute atomic E-state index is 0.0725. The second-order valence-corrected chi connectivity index (χ2v) is 6.29. The van der Waals surface area contributed by atoms with Gasteiger partial charge in [0.2, 0.25) is 0 Å². The van der Waals surface area contributed by atoms with Gasteiger partial charge in [-0.2, -0.15) is 0 Å². The number of hydrogen-bond acceptors (Lipinski definition) is 4. The van der Waals surface area contributed by atoms with Gasteiger partial charge >= 0.3 is 0 Å². The van der Waals surface area contributed by atoms with Crippen molar-refractivity contribution in [2.45, 2.75) is 32.4 Å². The van der Waals surface area contributed by atoms with Crippen LogP contribution < -0.4 is 5.73 Å². The molecule has 0 aromatic rings. The zero-order valence-electron chi connectivity index (χ0n) is 9.36. The fraction of sp³-hybridized carbons (Fsp3) is 1.00. The van der Waals surface area contributed by atoms with Gasteiger partial charge in [-0.15, -0.1) is 0 Å². The van der Waals surface area contributed by atoms with E-state index in [4.69, 9.17) is 10.5 Å². The highest BCUT2D eigenvalue weighted by atomic mass is 32.2. The molecule has 0 heterocycles. The van der Waals surface area contributed by atoms with E-state index >= 15 is 0 Å². The second kappa shape index (κ2) is 5.68. The van der Waals surface area contributed by atoms with Gasteiger partial charge in [0.25, 0.3) is 0 Å². The molecule has 0 aliphatic rings. The lowest BCUT2D eigenvalue weighted by Gasteiger charge is -2.25. The lowest BCUT2D eigenvalue weighted by molar-refractivity contribution is 0.0433. The van der Waals surface area contributed by atoms with Crippen LogP contribution in [0.3, 0.4) is 0 Å². The third kappa shape index (κ3) is 5.57. The Bertz CT molecular complexity index is 249. The highest BCUT2D eigenvalue weighted by molar-refractivity contribution is 7.90. The molecule has 0 spiro atoms. The maximum atomic E-state index is 10.9. The van der Waals surface area contributed by atoms with Gasteiger partial charge < -0.3 is 10.5 Å². The Morgan fingerprint density at radius 3 is 2.14 bits per heavy atom. The Morgan fingerprint density at radius 1 is 1.36 bits per heavy atom. The van der Waals surface area contributed by atoms with Crippen LogP contribution in [0.5, 0.6) is 0 Å². The summed E-state index contributed by atoms with van der Waals surface area (Å²) < 4.78 is 27.1. The van der Waals surface area contributed by atoms with Crippen LogP contribution >= 0.6 is 0 Å². The minimum atomic E-state index is -2.92. The summed E-state index contributed by atoms with van der Waals surface area (Å²) >= 11 is 0. The molecular weight excluding hydrogens is 202 g/mol. The zero-order chi connectivity index (χ0) is 11.4. The lowest BCUT2D eigenvalue weighted by Crippen LogP contribution is -2.40. The van der Waals surface area contributed by atoms with E-state index in [1.165, 1.54) is 6.26 Å². The molecule has 0 aromatic carbocycles. The highest BCUT2D eigenvalue weighted by Crippen LogP contribution is 2.11. The average Bonchev–Trinajstić information content (AvgIpc) is 2.00. The third-order valence-corrected chi connectivity index (χ3v) is 3.15. The zero-order valence-corrected chi connectivity index (χ0v) is 10.2. The first kappa shape index (κ1) is 13.9. The van der Waals surface area contributed by atoms with Crippen LogP contribution in [0.15, 0.2) is 0 Å². The summed E-state index contributed by atoms with van der Waals surface area (Å²) in [4.78, 5) is 0. The predicted molar refractivity (Wildman–Crippen MR) is 57.9 cm³/mol. The van der Waals surface area contributed by atoms with Crippen molar-refractivity contribution in [1.29, 1.82) is 0 Å². The molecular formula is C9H21NO3S. The minimum Gasteiger partial charge on any atom is -0.380 e. The van der Waals surface area contributed by atoms with E-state index in [1.807, 2.05) is 13.8 Å². The second-order valence-electron chi connectivity index (χ2n) is 4.03. The molecule has 4 nitrogen and oxygen atoms in total. The van der Waals surface area contributed by atoms with Crippen LogP contribution in [0, 0.1) is 5.92 Å². The number of methoxy groups -OCH3 is 1. The van der Waals surface area contributed by atoms with E-state index in [1.54, 1.807) is 7.11 Å². The maximum Gasteiger partial charge on any atom is 0.147 e. The van der Waals surface area contributed by atoms with Crippen molar-refractivity contribution in [1.82, 2.24) is 0 Å². The first-order chi connectivity index (χ1) is 6.28. The van der Waals surface area contributed by atoms with Gasteiger partial charge in [-0.3, -0.25) is 0 Å². The average molecular weight is 223 g/mol. The molecule has 0 bridgehead atoms. The molecule has 0 rings (SSSR count). The van der Waals surface area contributed by atoms with Crippen LogP contribution in [0.1, 0.15) is 20.3 Å². The van der Waals surface area contributed by atoms with Crippen molar-refractivity contribution >= 4 is 9.84 Å². The monoisotopic (exact) mass is 223 g/mol. The number of ether oxygens (including phenoxy) is 1. The number of rotatable bonds is 6. The van der Waals surface area contributed by atoms with Crippen LogP contribution in [0.4, 0.5) is 0 Å². The summed E-state index contributed by atoms with van der Waals surface area (Å²) in [6.45, 7) is 4.02. The van der Waals surface area contributed by atoms with Crippen LogP contribution in [-0.2, 0) is 14.6 Å². The molecule has 0 fully saturated rings. The van der Waals surface area contributed by atoms with E-state index < -0.39 is 9.84 Å². The number of nitrogens with two attached hydrogens (primary N) is 1. The summed E-state index contributed by atoms with van der Waals surface area (Å²) in [7, 11) is -1.32. The normalized spacial score (nSPS) is 17.0. The maximum absolute atomic E-state index is 10.9. The van der Waals surface area contributed by atoms with E-state index in [0.29, 0.717) is 12.3 Å². The number of hydrogen-bond donors (Lipinski definition) is 1. The molecule has 2 atom stereocenters. The Morgan fingerprint density at radius 2 is 1.86 bits per heavy atom. The quantitative estimate of drug-likeness (QED) is 0.708. The molecule has 0 saturated carbocycles. The molecule has 0 saturated heterocycles. The van der Waals surface area contributed by atoms with E-state index in [2.05, 4.69) is 0 Å². The Kier molecular flexibility index (Phi) is 5.63. The SMILES string of the molecule is COC(C(C)C)C(N)CCS(C)(=O)=O. The third-order valence-electron chi connectivity index (χ3n) is 2.17. The smallest absolute Gasteiger partial charge is 0.147 e. The van der Waals surface area contributed by atoms with Gasteiger partial charge in [0.05, 0.1) is 11.9 Å². The molecule has 0 aliphatic heterocycles. The standard InChI is InChI=1S/C9H21NO3S/c1-7(2)9(13-3)8(10)5-6-14(4,11)12/h7-9H,5-6,10H2,1-4H3. The molecule has 2 unspecified atom stereocenters. The highest BCUT2D eigenvalue weighted by Gasteiger charge is 2.21. The van der Waals surface area contributed by atoms with Crippen molar-refractivity contribution in [3.63, 3.8) is 0 Å². The van der Waals surface area contributed by atoms with Gasteiger partial charge in [-0.1, -0.05) is 13.8 Å². The first-order valence-corrected chi connectivity index (χ1v) is 6.80. The largest absolute Gasteiger partial charge is 0.380 e. The Hall–Kier alpha value is -0.130.